The van der Waals surface area contributed by atoms with E-state index in [0.717, 1.165) is 24.3 Å². The fraction of sp³-hybridized carbons (Fsp3) is 0.289. The summed E-state index contributed by atoms with van der Waals surface area (Å²) in [7, 11) is -0.648. The van der Waals surface area contributed by atoms with E-state index in [-0.39, 0.29) is 11.0 Å². The van der Waals surface area contributed by atoms with Gasteiger partial charge in [0.1, 0.15) is 18.1 Å². The fourth-order valence-electron chi connectivity index (χ4n) is 7.55. The largest absolute Gasteiger partial charge is 0.497 e. The highest BCUT2D eigenvalue weighted by Gasteiger charge is 2.45. The van der Waals surface area contributed by atoms with Crippen LogP contribution in [0.2, 0.25) is 13.1 Å². The first-order valence-electron chi connectivity index (χ1n) is 17.4. The van der Waals surface area contributed by atoms with E-state index in [4.69, 9.17) is 9.47 Å². The van der Waals surface area contributed by atoms with E-state index in [0.29, 0.717) is 6.61 Å². The summed E-state index contributed by atoms with van der Waals surface area (Å²) in [5, 5.41) is 1.29. The molecule has 0 N–H and O–H groups in total. The van der Waals surface area contributed by atoms with Gasteiger partial charge in [0.2, 0.25) is 0 Å². The third-order valence-electron chi connectivity index (χ3n) is 10.2. The van der Waals surface area contributed by atoms with Gasteiger partial charge < -0.3 is 9.47 Å². The molecule has 0 fully saturated rings. The van der Waals surface area contributed by atoms with Gasteiger partial charge in [-0.2, -0.15) is 0 Å². The fourth-order valence-corrected chi connectivity index (χ4v) is 11.2. The molecule has 0 aliphatic heterocycles. The minimum absolute atomic E-state index is 0.134. The summed E-state index contributed by atoms with van der Waals surface area (Å²) in [6, 6.07) is 36.8. The molecular weight excluding hydrogens is 601 g/mol. The highest BCUT2D eigenvalue weighted by molar-refractivity contribution is 6.92. The van der Waals surface area contributed by atoms with E-state index in [9.17, 15) is 0 Å². The Morgan fingerprint density at radius 3 is 1.69 bits per heavy atom. The van der Waals surface area contributed by atoms with Crippen molar-refractivity contribution < 1.29 is 9.47 Å². The van der Waals surface area contributed by atoms with Crippen molar-refractivity contribution in [3.05, 3.63) is 138 Å². The molecular formula is C45H50O2Si. The molecule has 0 amide bonds. The average molecular weight is 651 g/mol. The summed E-state index contributed by atoms with van der Waals surface area (Å²) in [4.78, 5) is 0. The zero-order valence-corrected chi connectivity index (χ0v) is 31.0. The SMILES string of the molecule is C=CCOc1c(C(C)(C)C)cc(OC)cc1[Si](C)(C)C1c2cc(-c3cccc(CC)c3)ccc2-c2ccc(-c3cccc(CC)c3)cc21. The van der Waals surface area contributed by atoms with Crippen LogP contribution in [0.25, 0.3) is 33.4 Å². The van der Waals surface area contributed by atoms with Gasteiger partial charge in [-0.15, -0.1) is 0 Å². The highest BCUT2D eigenvalue weighted by atomic mass is 28.3. The van der Waals surface area contributed by atoms with Crippen LogP contribution in [0.1, 0.15) is 68.0 Å². The Morgan fingerprint density at radius 1 is 0.708 bits per heavy atom. The van der Waals surface area contributed by atoms with Crippen molar-refractivity contribution in [3.63, 3.8) is 0 Å². The van der Waals surface area contributed by atoms with Gasteiger partial charge >= 0.3 is 0 Å². The second-order valence-electron chi connectivity index (χ2n) is 14.8. The monoisotopic (exact) mass is 650 g/mol. The number of aryl methyl sites for hydroxylation is 2. The molecule has 2 nitrogen and oxygen atoms in total. The summed E-state index contributed by atoms with van der Waals surface area (Å²) >= 11 is 0. The molecule has 0 saturated heterocycles. The van der Waals surface area contributed by atoms with E-state index in [1.165, 1.54) is 66.4 Å². The molecule has 6 rings (SSSR count). The van der Waals surface area contributed by atoms with Gasteiger partial charge in [0.05, 0.1) is 15.2 Å². The van der Waals surface area contributed by atoms with Crippen LogP contribution in [0.5, 0.6) is 11.5 Å². The van der Waals surface area contributed by atoms with Gasteiger partial charge in [-0.1, -0.05) is 145 Å². The lowest BCUT2D eigenvalue weighted by molar-refractivity contribution is 0.351. The lowest BCUT2D eigenvalue weighted by atomic mass is 9.86. The summed E-state index contributed by atoms with van der Waals surface area (Å²) in [6.45, 7) is 20.7. The highest BCUT2D eigenvalue weighted by Crippen LogP contribution is 2.52. The van der Waals surface area contributed by atoms with Crippen molar-refractivity contribution in [2.75, 3.05) is 13.7 Å². The van der Waals surface area contributed by atoms with Crippen molar-refractivity contribution in [2.45, 2.75) is 71.5 Å². The van der Waals surface area contributed by atoms with E-state index in [1.54, 1.807) is 7.11 Å². The molecule has 5 aromatic carbocycles. The summed E-state index contributed by atoms with van der Waals surface area (Å²) in [5.74, 6) is 1.88. The van der Waals surface area contributed by atoms with Crippen LogP contribution < -0.4 is 14.7 Å². The molecule has 0 bridgehead atoms. The lowest BCUT2D eigenvalue weighted by Crippen LogP contribution is -2.49. The van der Waals surface area contributed by atoms with Gasteiger partial charge in [0.15, 0.2) is 0 Å². The van der Waals surface area contributed by atoms with Gasteiger partial charge in [0.25, 0.3) is 0 Å². The van der Waals surface area contributed by atoms with Crippen molar-refractivity contribution in [1.82, 2.24) is 0 Å². The molecule has 5 aromatic rings. The number of rotatable bonds is 10. The molecule has 3 heteroatoms. The van der Waals surface area contributed by atoms with E-state index >= 15 is 0 Å². The van der Waals surface area contributed by atoms with Crippen LogP contribution in [0.4, 0.5) is 0 Å². The number of fused-ring (bicyclic) bond motifs is 3. The van der Waals surface area contributed by atoms with E-state index < -0.39 is 8.07 Å². The molecule has 48 heavy (non-hydrogen) atoms. The zero-order valence-electron chi connectivity index (χ0n) is 30.0. The lowest BCUT2D eigenvalue weighted by Gasteiger charge is -2.36. The maximum absolute atomic E-state index is 6.66. The first-order chi connectivity index (χ1) is 23.0. The Hall–Kier alpha value is -4.34. The summed E-state index contributed by atoms with van der Waals surface area (Å²) in [5.41, 5.74) is 14.6. The minimum Gasteiger partial charge on any atom is -0.497 e. The number of benzene rings is 5. The Kier molecular flexibility index (Phi) is 9.28. The number of ether oxygens (including phenoxy) is 2. The third-order valence-corrected chi connectivity index (χ3v) is 14.0. The Labute approximate surface area is 289 Å². The molecule has 0 spiro atoms. The first kappa shape index (κ1) is 33.6. The van der Waals surface area contributed by atoms with Crippen LogP contribution in [-0.4, -0.2) is 21.8 Å². The van der Waals surface area contributed by atoms with Crippen molar-refractivity contribution >= 4 is 13.3 Å². The Bertz CT molecular complexity index is 1880. The molecule has 246 valence electrons. The van der Waals surface area contributed by atoms with Crippen molar-refractivity contribution in [3.8, 4) is 44.9 Å². The van der Waals surface area contributed by atoms with Gasteiger partial charge in [-0.25, -0.2) is 0 Å². The predicted molar refractivity (Wildman–Crippen MR) is 208 cm³/mol. The average Bonchev–Trinajstić information content (AvgIpc) is 3.43. The van der Waals surface area contributed by atoms with E-state index in [2.05, 4.69) is 151 Å². The summed E-state index contributed by atoms with van der Waals surface area (Å²) < 4.78 is 12.7. The van der Waals surface area contributed by atoms with E-state index in [1.807, 2.05) is 6.08 Å². The topological polar surface area (TPSA) is 18.5 Å². The number of hydrogen-bond donors (Lipinski definition) is 0. The Balaban J connectivity index is 1.62. The maximum atomic E-state index is 6.66. The first-order valence-corrected chi connectivity index (χ1v) is 20.5. The normalized spacial score (nSPS) is 12.8. The van der Waals surface area contributed by atoms with Crippen LogP contribution in [-0.2, 0) is 18.3 Å². The predicted octanol–water partition coefficient (Wildman–Crippen LogP) is 11.3. The second kappa shape index (κ2) is 13.3. The number of methoxy groups -OCH3 is 1. The third kappa shape index (κ3) is 6.17. The quantitative estimate of drug-likeness (QED) is 0.111. The zero-order chi connectivity index (χ0) is 34.2. The molecule has 0 aromatic heterocycles. The molecule has 0 heterocycles. The molecule has 1 aliphatic rings. The van der Waals surface area contributed by atoms with Crippen LogP contribution in [0.15, 0.2) is 110 Å². The second-order valence-corrected chi connectivity index (χ2v) is 19.3. The smallest absolute Gasteiger partial charge is 0.123 e. The Morgan fingerprint density at radius 2 is 1.23 bits per heavy atom. The van der Waals surface area contributed by atoms with Gasteiger partial charge in [-0.3, -0.25) is 0 Å². The molecule has 0 saturated carbocycles. The number of hydrogen-bond acceptors (Lipinski definition) is 2. The minimum atomic E-state index is -2.42. The summed E-state index contributed by atoms with van der Waals surface area (Å²) in [6.07, 6.45) is 3.89. The van der Waals surface area contributed by atoms with Gasteiger partial charge in [0, 0.05) is 11.1 Å². The molecule has 1 aliphatic carbocycles. The standard InChI is InChI=1S/C45H50O2Si/c1-10-23-47-43-41(45(4,5)6)28-36(46-7)29-42(43)48(8,9)44-39-26-34(32-17-13-15-30(11-2)24-32)19-21-37(39)38-22-20-35(27-40(38)44)33-18-14-16-31(12-3)25-33/h10,13-22,24-29,44H,1,11-12,23H2,2-9H3. The van der Waals surface area contributed by atoms with Crippen LogP contribution in [0.3, 0.4) is 0 Å². The van der Waals surface area contributed by atoms with Crippen LogP contribution in [0, 0.1) is 0 Å². The van der Waals surface area contributed by atoms with Crippen molar-refractivity contribution in [1.29, 1.82) is 0 Å². The van der Waals surface area contributed by atoms with Gasteiger partial charge in [-0.05, 0) is 91.2 Å². The van der Waals surface area contributed by atoms with Crippen LogP contribution >= 0.6 is 0 Å². The molecule has 0 unspecified atom stereocenters. The molecule has 0 atom stereocenters. The maximum Gasteiger partial charge on any atom is 0.123 e. The molecule has 0 radical (unpaired) electrons. The van der Waals surface area contributed by atoms with Crippen molar-refractivity contribution in [2.24, 2.45) is 0 Å².